The lowest BCUT2D eigenvalue weighted by Crippen LogP contribution is -2.51. The molecule has 2 amide bonds. The van der Waals surface area contributed by atoms with Crippen molar-refractivity contribution in [2.75, 3.05) is 57.4 Å². The third-order valence-corrected chi connectivity index (χ3v) is 6.03. The largest absolute Gasteiger partial charge is 0.379 e. The summed E-state index contributed by atoms with van der Waals surface area (Å²) in [6.45, 7) is 8.18. The number of hydrogen-bond donors (Lipinski definition) is 1. The molecule has 8 heteroatoms. The van der Waals surface area contributed by atoms with Gasteiger partial charge in [-0.1, -0.05) is 24.3 Å². The van der Waals surface area contributed by atoms with Crippen LogP contribution in [0.5, 0.6) is 0 Å². The van der Waals surface area contributed by atoms with Crippen LogP contribution in [0.25, 0.3) is 0 Å². The van der Waals surface area contributed by atoms with Crippen molar-refractivity contribution in [3.05, 3.63) is 47.0 Å². The van der Waals surface area contributed by atoms with Gasteiger partial charge in [-0.15, -0.1) is 11.3 Å². The van der Waals surface area contributed by atoms with Crippen LogP contribution in [0.1, 0.15) is 11.1 Å². The highest BCUT2D eigenvalue weighted by Crippen LogP contribution is 2.19. The second-order valence-corrected chi connectivity index (χ2v) is 8.03. The van der Waals surface area contributed by atoms with Crippen LogP contribution in [-0.4, -0.2) is 73.3 Å². The summed E-state index contributed by atoms with van der Waals surface area (Å²) in [5, 5.41) is 6.10. The Morgan fingerprint density at radius 2 is 1.89 bits per heavy atom. The summed E-state index contributed by atoms with van der Waals surface area (Å²) in [5.74, 6) is 0. The second-order valence-electron chi connectivity index (χ2n) is 7.16. The van der Waals surface area contributed by atoms with E-state index in [2.05, 4.69) is 44.4 Å². The van der Waals surface area contributed by atoms with Gasteiger partial charge in [0.05, 0.1) is 13.2 Å². The number of thiazole rings is 1. The molecule has 0 radical (unpaired) electrons. The number of piperazine rings is 1. The van der Waals surface area contributed by atoms with Crippen LogP contribution >= 0.6 is 11.3 Å². The number of benzene rings is 1. The molecular formula is C20H27N5O2S. The molecule has 2 fully saturated rings. The van der Waals surface area contributed by atoms with Gasteiger partial charge < -0.3 is 19.9 Å². The molecule has 1 aromatic carbocycles. The molecule has 0 unspecified atom stereocenters. The van der Waals surface area contributed by atoms with E-state index in [0.717, 1.165) is 69.7 Å². The number of aromatic nitrogens is 1. The molecule has 28 heavy (non-hydrogen) atoms. The van der Waals surface area contributed by atoms with Crippen LogP contribution in [-0.2, 0) is 17.8 Å². The first-order valence-corrected chi connectivity index (χ1v) is 10.7. The maximum Gasteiger partial charge on any atom is 0.317 e. The molecule has 1 N–H and O–H groups in total. The predicted octanol–water partition coefficient (Wildman–Crippen LogP) is 2.01. The molecule has 7 nitrogen and oxygen atoms in total. The SMILES string of the molecule is O=C(NCc1cccc(CN2CCOCC2)c1)N1CCN(c2nccs2)CC1. The molecule has 0 aliphatic carbocycles. The summed E-state index contributed by atoms with van der Waals surface area (Å²) >= 11 is 1.65. The summed E-state index contributed by atoms with van der Waals surface area (Å²) < 4.78 is 5.41. The molecule has 0 atom stereocenters. The smallest absolute Gasteiger partial charge is 0.317 e. The Bertz CT molecular complexity index is 756. The lowest BCUT2D eigenvalue weighted by molar-refractivity contribution is 0.0342. The third kappa shape index (κ3) is 5.01. The van der Waals surface area contributed by atoms with E-state index in [1.54, 1.807) is 11.3 Å². The molecule has 2 aliphatic rings. The number of morpholine rings is 1. The van der Waals surface area contributed by atoms with Gasteiger partial charge in [0.1, 0.15) is 0 Å². The first kappa shape index (κ1) is 19.2. The molecule has 150 valence electrons. The highest BCUT2D eigenvalue weighted by Gasteiger charge is 2.22. The van der Waals surface area contributed by atoms with Crippen LogP contribution in [0.4, 0.5) is 9.93 Å². The first-order chi connectivity index (χ1) is 13.8. The number of nitrogens with zero attached hydrogens (tertiary/aromatic N) is 4. The fourth-order valence-electron chi connectivity index (χ4n) is 3.62. The Morgan fingerprint density at radius 3 is 2.64 bits per heavy atom. The monoisotopic (exact) mass is 401 g/mol. The first-order valence-electron chi connectivity index (χ1n) is 9.83. The number of rotatable bonds is 5. The Hall–Kier alpha value is -2.16. The maximum atomic E-state index is 12.5. The van der Waals surface area contributed by atoms with Gasteiger partial charge in [0.15, 0.2) is 5.13 Å². The van der Waals surface area contributed by atoms with E-state index >= 15 is 0 Å². The number of carbonyl (C=O) groups excluding carboxylic acids is 1. The molecule has 2 aliphatic heterocycles. The number of carbonyl (C=O) groups is 1. The summed E-state index contributed by atoms with van der Waals surface area (Å²) in [6.07, 6.45) is 1.83. The van der Waals surface area contributed by atoms with Crippen molar-refractivity contribution in [3.8, 4) is 0 Å². The molecule has 0 spiro atoms. The van der Waals surface area contributed by atoms with Gasteiger partial charge in [0, 0.05) is 63.9 Å². The fraction of sp³-hybridized carbons (Fsp3) is 0.500. The zero-order chi connectivity index (χ0) is 19.2. The van der Waals surface area contributed by atoms with Crippen molar-refractivity contribution >= 4 is 22.5 Å². The third-order valence-electron chi connectivity index (χ3n) is 5.20. The van der Waals surface area contributed by atoms with Crippen molar-refractivity contribution in [2.45, 2.75) is 13.1 Å². The molecule has 2 aromatic rings. The van der Waals surface area contributed by atoms with Crippen LogP contribution in [0, 0.1) is 0 Å². The average molecular weight is 402 g/mol. The van der Waals surface area contributed by atoms with Crippen LogP contribution < -0.4 is 10.2 Å². The molecule has 2 saturated heterocycles. The topological polar surface area (TPSA) is 60.9 Å². The summed E-state index contributed by atoms with van der Waals surface area (Å²) in [7, 11) is 0. The molecule has 3 heterocycles. The van der Waals surface area contributed by atoms with Crippen LogP contribution in [0.2, 0.25) is 0 Å². The van der Waals surface area contributed by atoms with Gasteiger partial charge in [-0.3, -0.25) is 4.90 Å². The van der Waals surface area contributed by atoms with E-state index in [1.807, 2.05) is 16.5 Å². The number of nitrogens with one attached hydrogen (secondary N) is 1. The lowest BCUT2D eigenvalue weighted by Gasteiger charge is -2.34. The van der Waals surface area contributed by atoms with Crippen molar-refractivity contribution in [1.29, 1.82) is 0 Å². The minimum atomic E-state index is 0.0115. The van der Waals surface area contributed by atoms with Crippen LogP contribution in [0.15, 0.2) is 35.8 Å². The molecular weight excluding hydrogens is 374 g/mol. The van der Waals surface area contributed by atoms with E-state index in [0.29, 0.717) is 6.54 Å². The summed E-state index contributed by atoms with van der Waals surface area (Å²) in [4.78, 5) is 23.4. The van der Waals surface area contributed by atoms with Gasteiger partial charge in [-0.25, -0.2) is 9.78 Å². The van der Waals surface area contributed by atoms with E-state index in [1.165, 1.54) is 5.56 Å². The lowest BCUT2D eigenvalue weighted by atomic mass is 10.1. The quantitative estimate of drug-likeness (QED) is 0.831. The molecule has 4 rings (SSSR count). The normalized spacial score (nSPS) is 18.3. The van der Waals surface area contributed by atoms with Gasteiger partial charge >= 0.3 is 6.03 Å². The number of hydrogen-bond acceptors (Lipinski definition) is 6. The zero-order valence-corrected chi connectivity index (χ0v) is 16.9. The highest BCUT2D eigenvalue weighted by atomic mass is 32.1. The summed E-state index contributed by atoms with van der Waals surface area (Å²) in [5.41, 5.74) is 2.42. The number of ether oxygens (including phenoxy) is 1. The van der Waals surface area contributed by atoms with Crippen LogP contribution in [0.3, 0.4) is 0 Å². The van der Waals surface area contributed by atoms with Gasteiger partial charge in [0.25, 0.3) is 0 Å². The Morgan fingerprint density at radius 1 is 1.11 bits per heavy atom. The van der Waals surface area contributed by atoms with Gasteiger partial charge in [-0.05, 0) is 11.1 Å². The Kier molecular flexibility index (Phi) is 6.41. The number of anilines is 1. The number of amides is 2. The Labute approximate surface area is 169 Å². The minimum Gasteiger partial charge on any atom is -0.379 e. The summed E-state index contributed by atoms with van der Waals surface area (Å²) in [6, 6.07) is 8.50. The molecule has 1 aromatic heterocycles. The van der Waals surface area contributed by atoms with Gasteiger partial charge in [-0.2, -0.15) is 0 Å². The second kappa shape index (κ2) is 9.36. The zero-order valence-electron chi connectivity index (χ0n) is 16.0. The van der Waals surface area contributed by atoms with E-state index < -0.39 is 0 Å². The highest BCUT2D eigenvalue weighted by molar-refractivity contribution is 7.13. The van der Waals surface area contributed by atoms with Crippen molar-refractivity contribution < 1.29 is 9.53 Å². The maximum absolute atomic E-state index is 12.5. The fourth-order valence-corrected chi connectivity index (χ4v) is 4.31. The van der Waals surface area contributed by atoms with E-state index in [9.17, 15) is 4.79 Å². The minimum absolute atomic E-state index is 0.0115. The molecule has 0 bridgehead atoms. The van der Waals surface area contributed by atoms with Crippen molar-refractivity contribution in [3.63, 3.8) is 0 Å². The molecule has 0 saturated carbocycles. The van der Waals surface area contributed by atoms with E-state index in [-0.39, 0.29) is 6.03 Å². The van der Waals surface area contributed by atoms with Crippen molar-refractivity contribution in [1.82, 2.24) is 20.1 Å². The average Bonchev–Trinajstić information content (AvgIpc) is 3.28. The number of urea groups is 1. The standard InChI is InChI=1S/C20H27N5O2S/c26-19(24-5-7-25(8-6-24)20-21-4-13-28-20)22-15-17-2-1-3-18(14-17)16-23-9-11-27-12-10-23/h1-4,13-14H,5-12,15-16H2,(H,22,26). The van der Waals surface area contributed by atoms with E-state index in [4.69, 9.17) is 4.74 Å². The Balaban J connectivity index is 1.24. The van der Waals surface area contributed by atoms with Crippen molar-refractivity contribution in [2.24, 2.45) is 0 Å². The van der Waals surface area contributed by atoms with Gasteiger partial charge in [0.2, 0.25) is 0 Å². The predicted molar refractivity (Wildman–Crippen MR) is 111 cm³/mol.